The lowest BCUT2D eigenvalue weighted by atomic mass is 10.3. The van der Waals surface area contributed by atoms with Gasteiger partial charge in [-0.2, -0.15) is 0 Å². The maximum absolute atomic E-state index is 11.5. The molecule has 0 aliphatic carbocycles. The second-order valence-electron chi connectivity index (χ2n) is 2.78. The molecular formula is C7H16N4OS. The Kier molecular flexibility index (Phi) is 4.01. The van der Waals surface area contributed by atoms with E-state index in [1.807, 2.05) is 6.92 Å². The zero-order chi connectivity index (χ0) is 9.68. The first kappa shape index (κ1) is 10.3. The van der Waals surface area contributed by atoms with Crippen LogP contribution in [0.4, 0.5) is 0 Å². The average molecular weight is 204 g/mol. The first-order valence-corrected chi connectivity index (χ1v) is 5.64. The Morgan fingerprint density at radius 2 is 2.46 bits per heavy atom. The molecule has 1 heterocycles. The standard InChI is InChI=1S/C7H16N4OS/c1-2-9-7(8)11-6-4-3-5-10-13(11)12/h13H,2-6H2,1H3,(H2,8,9). The lowest BCUT2D eigenvalue weighted by Crippen LogP contribution is -2.36. The fourth-order valence-electron chi connectivity index (χ4n) is 1.14. The van der Waals surface area contributed by atoms with Crippen molar-refractivity contribution < 1.29 is 4.21 Å². The molecule has 76 valence electrons. The average Bonchev–Trinajstić information content (AvgIpc) is 2.30. The van der Waals surface area contributed by atoms with Crippen molar-refractivity contribution in [1.82, 2.24) is 4.31 Å². The SMILES string of the molecule is CC/N=C(/N)N1CCCCN=[SH]1=O. The van der Waals surface area contributed by atoms with E-state index in [4.69, 9.17) is 5.73 Å². The highest BCUT2D eigenvalue weighted by Gasteiger charge is 2.10. The maximum Gasteiger partial charge on any atom is 0.203 e. The van der Waals surface area contributed by atoms with Gasteiger partial charge in [0.25, 0.3) is 0 Å². The second-order valence-corrected chi connectivity index (χ2v) is 4.05. The van der Waals surface area contributed by atoms with Gasteiger partial charge in [0.2, 0.25) is 5.96 Å². The minimum absolute atomic E-state index is 0.356. The van der Waals surface area contributed by atoms with Crippen LogP contribution in [0.1, 0.15) is 19.8 Å². The highest BCUT2D eigenvalue weighted by molar-refractivity contribution is 7.73. The van der Waals surface area contributed by atoms with Crippen molar-refractivity contribution in [1.29, 1.82) is 0 Å². The molecule has 1 atom stereocenters. The molecule has 0 saturated heterocycles. The topological polar surface area (TPSA) is 71.0 Å². The largest absolute Gasteiger partial charge is 0.369 e. The molecule has 0 aromatic heterocycles. The van der Waals surface area contributed by atoms with Crippen molar-refractivity contribution in [3.05, 3.63) is 0 Å². The minimum Gasteiger partial charge on any atom is -0.369 e. The van der Waals surface area contributed by atoms with Gasteiger partial charge in [-0.05, 0) is 19.8 Å². The molecule has 13 heavy (non-hydrogen) atoms. The molecule has 1 aliphatic heterocycles. The molecule has 0 fully saturated rings. The van der Waals surface area contributed by atoms with Crippen LogP contribution >= 0.6 is 0 Å². The number of nitrogens with two attached hydrogens (primary N) is 1. The number of hydrogen-bond acceptors (Lipinski definition) is 3. The van der Waals surface area contributed by atoms with Crippen molar-refractivity contribution in [2.45, 2.75) is 19.8 Å². The van der Waals surface area contributed by atoms with Gasteiger partial charge in [0.15, 0.2) is 0 Å². The van der Waals surface area contributed by atoms with Gasteiger partial charge in [-0.25, -0.2) is 8.57 Å². The number of rotatable bonds is 1. The van der Waals surface area contributed by atoms with Crippen molar-refractivity contribution in [2.75, 3.05) is 19.6 Å². The van der Waals surface area contributed by atoms with Gasteiger partial charge >= 0.3 is 0 Å². The highest BCUT2D eigenvalue weighted by Crippen LogP contribution is 2.03. The number of nitrogens with zero attached hydrogens (tertiary/aromatic N) is 3. The molecule has 2 N–H and O–H groups in total. The van der Waals surface area contributed by atoms with E-state index in [0.717, 1.165) is 12.8 Å². The van der Waals surface area contributed by atoms with Crippen molar-refractivity contribution in [2.24, 2.45) is 15.1 Å². The van der Waals surface area contributed by atoms with Gasteiger partial charge in [0.1, 0.15) is 10.8 Å². The van der Waals surface area contributed by atoms with Gasteiger partial charge in [0, 0.05) is 19.6 Å². The lowest BCUT2D eigenvalue weighted by molar-refractivity contribution is 0.581. The van der Waals surface area contributed by atoms with Crippen LogP contribution in [0.25, 0.3) is 0 Å². The van der Waals surface area contributed by atoms with E-state index >= 15 is 0 Å². The van der Waals surface area contributed by atoms with Gasteiger partial charge in [-0.3, -0.25) is 9.30 Å². The van der Waals surface area contributed by atoms with Gasteiger partial charge in [0.05, 0.1) is 0 Å². The Balaban J connectivity index is 2.76. The Bertz CT molecular complexity index is 270. The number of guanidine groups is 1. The molecule has 0 aromatic rings. The van der Waals surface area contributed by atoms with Crippen LogP contribution in [0.5, 0.6) is 0 Å². The molecule has 1 aliphatic rings. The molecule has 1 rings (SSSR count). The lowest BCUT2D eigenvalue weighted by Gasteiger charge is -2.16. The van der Waals surface area contributed by atoms with Crippen LogP contribution in [0.3, 0.4) is 0 Å². The normalized spacial score (nSPS) is 25.2. The van der Waals surface area contributed by atoms with E-state index in [2.05, 4.69) is 9.36 Å². The Hall–Kier alpha value is -0.780. The number of hydrogen-bond donors (Lipinski definition) is 2. The van der Waals surface area contributed by atoms with Crippen LogP contribution in [-0.4, -0.2) is 34.1 Å². The molecule has 0 amide bonds. The first-order chi connectivity index (χ1) is 6.25. The van der Waals surface area contributed by atoms with E-state index in [-0.39, 0.29) is 0 Å². The Morgan fingerprint density at radius 1 is 1.69 bits per heavy atom. The zero-order valence-corrected chi connectivity index (χ0v) is 8.70. The fourth-order valence-corrected chi connectivity index (χ4v) is 2.15. The maximum atomic E-state index is 11.5. The highest BCUT2D eigenvalue weighted by atomic mass is 32.2. The van der Waals surface area contributed by atoms with E-state index in [1.165, 1.54) is 0 Å². The molecule has 1 unspecified atom stereocenters. The third-order valence-electron chi connectivity index (χ3n) is 1.79. The van der Waals surface area contributed by atoms with E-state index in [0.29, 0.717) is 25.6 Å². The summed E-state index contributed by atoms with van der Waals surface area (Å²) in [6.07, 6.45) is 1.96. The first-order valence-electron chi connectivity index (χ1n) is 4.47. The van der Waals surface area contributed by atoms with Crippen LogP contribution in [0.2, 0.25) is 0 Å². The van der Waals surface area contributed by atoms with Gasteiger partial charge < -0.3 is 5.73 Å². The summed E-state index contributed by atoms with van der Waals surface area (Å²) >= 11 is 0. The van der Waals surface area contributed by atoms with Crippen LogP contribution in [0.15, 0.2) is 9.36 Å². The Morgan fingerprint density at radius 3 is 3.15 bits per heavy atom. The van der Waals surface area contributed by atoms with Gasteiger partial charge in [-0.15, -0.1) is 0 Å². The summed E-state index contributed by atoms with van der Waals surface area (Å²) in [7, 11) is -1.68. The molecular weight excluding hydrogens is 188 g/mol. The molecule has 0 spiro atoms. The molecule has 5 nitrogen and oxygen atoms in total. The van der Waals surface area contributed by atoms with Crippen molar-refractivity contribution in [3.8, 4) is 0 Å². The summed E-state index contributed by atoms with van der Waals surface area (Å²) in [5.74, 6) is 0.356. The smallest absolute Gasteiger partial charge is 0.203 e. The summed E-state index contributed by atoms with van der Waals surface area (Å²) in [5.41, 5.74) is 5.65. The predicted octanol–water partition coefficient (Wildman–Crippen LogP) is -0.00360. The number of thiol groups is 1. The third kappa shape index (κ3) is 2.87. The summed E-state index contributed by atoms with van der Waals surface area (Å²) in [6, 6.07) is 0. The molecule has 0 aromatic carbocycles. The summed E-state index contributed by atoms with van der Waals surface area (Å²) < 4.78 is 17.0. The minimum atomic E-state index is -1.68. The second kappa shape index (κ2) is 5.06. The monoisotopic (exact) mass is 204 g/mol. The quantitative estimate of drug-likeness (QED) is 0.358. The van der Waals surface area contributed by atoms with Crippen LogP contribution in [0, 0.1) is 0 Å². The fraction of sp³-hybridized carbons (Fsp3) is 0.857. The van der Waals surface area contributed by atoms with Gasteiger partial charge in [-0.1, -0.05) is 0 Å². The molecule has 6 heteroatoms. The third-order valence-corrected chi connectivity index (χ3v) is 3.05. The van der Waals surface area contributed by atoms with Crippen molar-refractivity contribution >= 4 is 16.7 Å². The zero-order valence-electron chi connectivity index (χ0n) is 7.81. The van der Waals surface area contributed by atoms with E-state index in [1.54, 1.807) is 4.31 Å². The summed E-state index contributed by atoms with van der Waals surface area (Å²) in [5, 5.41) is 0. The molecule has 0 bridgehead atoms. The number of aliphatic imine (C=N–C) groups is 1. The predicted molar refractivity (Wildman–Crippen MR) is 54.9 cm³/mol. The summed E-state index contributed by atoms with van der Waals surface area (Å²) in [4.78, 5) is 4.02. The van der Waals surface area contributed by atoms with Crippen LogP contribution < -0.4 is 5.73 Å². The van der Waals surface area contributed by atoms with Crippen molar-refractivity contribution in [3.63, 3.8) is 0 Å². The van der Waals surface area contributed by atoms with E-state index < -0.39 is 10.8 Å². The molecule has 0 saturated carbocycles. The Labute approximate surface area is 80.4 Å². The summed E-state index contributed by atoms with van der Waals surface area (Å²) in [6.45, 7) is 3.89. The van der Waals surface area contributed by atoms with E-state index in [9.17, 15) is 4.21 Å². The molecule has 0 radical (unpaired) electrons. The van der Waals surface area contributed by atoms with Crippen LogP contribution in [-0.2, 0) is 10.8 Å².